The molecule has 0 aromatic heterocycles. The molecule has 2 N–H and O–H groups in total. The summed E-state index contributed by atoms with van der Waals surface area (Å²) in [7, 11) is 1.36. The Bertz CT molecular complexity index is 373. The quantitative estimate of drug-likeness (QED) is 0.793. The molecule has 0 saturated heterocycles. The summed E-state index contributed by atoms with van der Waals surface area (Å²) in [6.45, 7) is 0.412. The van der Waals surface area contributed by atoms with Crippen LogP contribution in [0.4, 0.5) is 4.39 Å². The Labute approximate surface area is 105 Å². The second-order valence-corrected chi connectivity index (χ2v) is 4.79. The third-order valence-corrected chi connectivity index (χ3v) is 3.59. The fourth-order valence-electron chi connectivity index (χ4n) is 1.39. The maximum atomic E-state index is 13.0. The van der Waals surface area contributed by atoms with Gasteiger partial charge in [-0.15, -0.1) is 0 Å². The van der Waals surface area contributed by atoms with Gasteiger partial charge in [-0.05, 0) is 17.7 Å². The Morgan fingerprint density at radius 1 is 1.59 bits per heavy atom. The van der Waals surface area contributed by atoms with Gasteiger partial charge < -0.3 is 10.5 Å². The maximum absolute atomic E-state index is 13.0. The Kier molecular flexibility index (Phi) is 6.00. The molecule has 1 aromatic carbocycles. The smallest absolute Gasteiger partial charge is 0.306 e. The number of nitrogens with two attached hydrogens (primary N) is 1. The van der Waals surface area contributed by atoms with E-state index in [4.69, 9.17) is 5.73 Å². The lowest BCUT2D eigenvalue weighted by atomic mass is 10.1. The number of halogens is 1. The van der Waals surface area contributed by atoms with Gasteiger partial charge >= 0.3 is 5.97 Å². The van der Waals surface area contributed by atoms with E-state index < -0.39 is 0 Å². The Balaban J connectivity index is 2.51. The summed E-state index contributed by atoms with van der Waals surface area (Å²) < 4.78 is 17.6. The lowest BCUT2D eigenvalue weighted by Gasteiger charge is -2.14. The highest BCUT2D eigenvalue weighted by Crippen LogP contribution is 2.28. The van der Waals surface area contributed by atoms with E-state index in [9.17, 15) is 9.18 Å². The van der Waals surface area contributed by atoms with E-state index in [0.29, 0.717) is 18.7 Å². The summed E-state index contributed by atoms with van der Waals surface area (Å²) in [6, 6.07) is 6.37. The SMILES string of the molecule is COC(=O)CCSC(CN)c1cccc(F)c1. The van der Waals surface area contributed by atoms with E-state index in [2.05, 4.69) is 4.74 Å². The van der Waals surface area contributed by atoms with Gasteiger partial charge in [0.25, 0.3) is 0 Å². The maximum Gasteiger partial charge on any atom is 0.306 e. The van der Waals surface area contributed by atoms with Crippen LogP contribution in [0.15, 0.2) is 24.3 Å². The van der Waals surface area contributed by atoms with Gasteiger partial charge in [-0.2, -0.15) is 11.8 Å². The number of methoxy groups -OCH3 is 1. The van der Waals surface area contributed by atoms with Crippen molar-refractivity contribution < 1.29 is 13.9 Å². The van der Waals surface area contributed by atoms with Crippen molar-refractivity contribution in [2.45, 2.75) is 11.7 Å². The zero-order chi connectivity index (χ0) is 12.7. The molecular weight excluding hydrogens is 241 g/mol. The fraction of sp³-hybridized carbons (Fsp3) is 0.417. The second kappa shape index (κ2) is 7.29. The Morgan fingerprint density at radius 3 is 2.94 bits per heavy atom. The topological polar surface area (TPSA) is 52.3 Å². The Hall–Kier alpha value is -1.07. The fourth-order valence-corrected chi connectivity index (χ4v) is 2.44. The van der Waals surface area contributed by atoms with Crippen molar-refractivity contribution in [1.82, 2.24) is 0 Å². The molecule has 5 heteroatoms. The average Bonchev–Trinajstić information content (AvgIpc) is 2.34. The predicted octanol–water partition coefficient (Wildman–Crippen LogP) is 2.12. The van der Waals surface area contributed by atoms with Crippen LogP contribution in [0.3, 0.4) is 0 Å². The first-order valence-electron chi connectivity index (χ1n) is 5.31. The summed E-state index contributed by atoms with van der Waals surface area (Å²) in [5.41, 5.74) is 6.49. The van der Waals surface area contributed by atoms with Crippen molar-refractivity contribution in [3.05, 3.63) is 35.6 Å². The third-order valence-electron chi connectivity index (χ3n) is 2.29. The van der Waals surface area contributed by atoms with Gasteiger partial charge in [0, 0.05) is 17.5 Å². The first-order chi connectivity index (χ1) is 8.17. The van der Waals surface area contributed by atoms with E-state index in [1.54, 1.807) is 6.07 Å². The minimum atomic E-state index is -0.269. The highest BCUT2D eigenvalue weighted by atomic mass is 32.2. The number of ether oxygens (including phenoxy) is 1. The zero-order valence-electron chi connectivity index (χ0n) is 9.69. The normalized spacial score (nSPS) is 12.2. The van der Waals surface area contributed by atoms with Crippen LogP contribution in [0.25, 0.3) is 0 Å². The lowest BCUT2D eigenvalue weighted by Crippen LogP contribution is -2.11. The summed E-state index contributed by atoms with van der Waals surface area (Å²) in [6.07, 6.45) is 0.340. The lowest BCUT2D eigenvalue weighted by molar-refractivity contribution is -0.140. The highest BCUT2D eigenvalue weighted by Gasteiger charge is 2.11. The summed E-state index contributed by atoms with van der Waals surface area (Å²) >= 11 is 1.53. The van der Waals surface area contributed by atoms with Crippen LogP contribution in [0, 0.1) is 5.82 Å². The molecule has 0 heterocycles. The van der Waals surface area contributed by atoms with E-state index in [1.165, 1.54) is 31.0 Å². The van der Waals surface area contributed by atoms with Crippen molar-refractivity contribution in [1.29, 1.82) is 0 Å². The molecule has 94 valence electrons. The molecule has 3 nitrogen and oxygen atoms in total. The van der Waals surface area contributed by atoms with Gasteiger partial charge in [0.15, 0.2) is 0 Å². The van der Waals surface area contributed by atoms with E-state index in [1.807, 2.05) is 6.07 Å². The first kappa shape index (κ1) is 14.0. The molecule has 1 unspecified atom stereocenters. The standard InChI is InChI=1S/C12H16FNO2S/c1-16-12(15)5-6-17-11(8-14)9-3-2-4-10(13)7-9/h2-4,7,11H,5-6,8,14H2,1H3. The van der Waals surface area contributed by atoms with Crippen molar-refractivity contribution in [3.8, 4) is 0 Å². The molecule has 0 aliphatic rings. The summed E-state index contributed by atoms with van der Waals surface area (Å²) in [5.74, 6) is 0.104. The van der Waals surface area contributed by atoms with E-state index >= 15 is 0 Å². The molecule has 0 spiro atoms. The van der Waals surface area contributed by atoms with Gasteiger partial charge in [0.05, 0.1) is 13.5 Å². The van der Waals surface area contributed by atoms with Crippen LogP contribution in [-0.2, 0) is 9.53 Å². The first-order valence-corrected chi connectivity index (χ1v) is 6.36. The molecule has 1 aromatic rings. The zero-order valence-corrected chi connectivity index (χ0v) is 10.5. The predicted molar refractivity (Wildman–Crippen MR) is 67.3 cm³/mol. The van der Waals surface area contributed by atoms with Gasteiger partial charge in [0.1, 0.15) is 5.82 Å². The molecule has 1 rings (SSSR count). The van der Waals surface area contributed by atoms with E-state index in [-0.39, 0.29) is 17.0 Å². The van der Waals surface area contributed by atoms with Crippen molar-refractivity contribution >= 4 is 17.7 Å². The van der Waals surface area contributed by atoms with Crippen LogP contribution in [0.1, 0.15) is 17.2 Å². The third kappa shape index (κ3) is 4.75. The van der Waals surface area contributed by atoms with Crippen LogP contribution >= 0.6 is 11.8 Å². The van der Waals surface area contributed by atoms with Gasteiger partial charge in [-0.3, -0.25) is 4.79 Å². The number of thioether (sulfide) groups is 1. The van der Waals surface area contributed by atoms with Gasteiger partial charge in [-0.1, -0.05) is 12.1 Å². The molecule has 0 aliphatic heterocycles. The minimum Gasteiger partial charge on any atom is -0.469 e. The van der Waals surface area contributed by atoms with Crippen LogP contribution in [0.5, 0.6) is 0 Å². The van der Waals surface area contributed by atoms with Crippen molar-refractivity contribution in [2.75, 3.05) is 19.4 Å². The molecule has 17 heavy (non-hydrogen) atoms. The molecule has 0 saturated carbocycles. The number of carbonyl (C=O) groups excluding carboxylic acids is 1. The van der Waals surface area contributed by atoms with Crippen molar-refractivity contribution in [3.63, 3.8) is 0 Å². The van der Waals surface area contributed by atoms with Gasteiger partial charge in [-0.25, -0.2) is 4.39 Å². The second-order valence-electron chi connectivity index (χ2n) is 3.48. The van der Waals surface area contributed by atoms with Crippen LogP contribution in [0.2, 0.25) is 0 Å². The number of hydrogen-bond acceptors (Lipinski definition) is 4. The molecule has 0 fully saturated rings. The van der Waals surface area contributed by atoms with Crippen LogP contribution in [-0.4, -0.2) is 25.4 Å². The number of esters is 1. The number of benzene rings is 1. The minimum absolute atomic E-state index is 0.00959. The summed E-state index contributed by atoms with van der Waals surface area (Å²) in [4.78, 5) is 10.9. The molecule has 0 amide bonds. The Morgan fingerprint density at radius 2 is 2.35 bits per heavy atom. The molecule has 0 aliphatic carbocycles. The molecule has 0 bridgehead atoms. The van der Waals surface area contributed by atoms with E-state index in [0.717, 1.165) is 5.56 Å². The summed E-state index contributed by atoms with van der Waals surface area (Å²) in [5, 5.41) is 0.00959. The number of carbonyl (C=O) groups is 1. The van der Waals surface area contributed by atoms with Crippen molar-refractivity contribution in [2.24, 2.45) is 5.73 Å². The average molecular weight is 257 g/mol. The number of hydrogen-bond donors (Lipinski definition) is 1. The highest BCUT2D eigenvalue weighted by molar-refractivity contribution is 7.99. The number of rotatable bonds is 6. The van der Waals surface area contributed by atoms with Crippen LogP contribution < -0.4 is 5.73 Å². The largest absolute Gasteiger partial charge is 0.469 e. The van der Waals surface area contributed by atoms with Gasteiger partial charge in [0.2, 0.25) is 0 Å². The molecule has 0 radical (unpaired) electrons. The molecule has 1 atom stereocenters. The monoisotopic (exact) mass is 257 g/mol. The molecular formula is C12H16FNO2S.